The van der Waals surface area contributed by atoms with Gasteiger partial charge in [0, 0.05) is 17.1 Å². The second kappa shape index (κ2) is 9.20. The van der Waals surface area contributed by atoms with E-state index >= 15 is 0 Å². The fraction of sp³-hybridized carbons (Fsp3) is 0.350. The van der Waals surface area contributed by atoms with Crippen LogP contribution in [0.2, 0.25) is 0 Å². The Bertz CT molecular complexity index is 1040. The predicted octanol–water partition coefficient (Wildman–Crippen LogP) is 3.99. The van der Waals surface area contributed by atoms with Gasteiger partial charge in [-0.25, -0.2) is 0 Å². The number of nitriles is 1. The molecule has 2 heterocycles. The summed E-state index contributed by atoms with van der Waals surface area (Å²) in [6.45, 7) is 0. The highest BCUT2D eigenvalue weighted by Gasteiger charge is 2.21. The van der Waals surface area contributed by atoms with Crippen LogP contribution < -0.4 is 5.32 Å². The lowest BCUT2D eigenvalue weighted by molar-refractivity contribution is -0.115. The van der Waals surface area contributed by atoms with Gasteiger partial charge in [-0.1, -0.05) is 36.4 Å². The van der Waals surface area contributed by atoms with E-state index in [9.17, 15) is 10.1 Å². The van der Waals surface area contributed by atoms with Gasteiger partial charge in [0.15, 0.2) is 0 Å². The van der Waals surface area contributed by atoms with Gasteiger partial charge in [-0.05, 0) is 53.8 Å². The number of nitrogens with zero attached hydrogens (tertiary/aromatic N) is 5. The maximum atomic E-state index is 12.5. The SMILES string of the molecule is N#Cc1c(NC(=O)CCSc2nnnn2-c2ccccc2)sc2c1CCCCC2. The quantitative estimate of drug-likeness (QED) is 0.475. The number of carbonyl (C=O) groups excluding carboxylic acids is 1. The van der Waals surface area contributed by atoms with E-state index in [0.717, 1.165) is 36.9 Å². The molecule has 0 atom stereocenters. The van der Waals surface area contributed by atoms with Crippen LogP contribution >= 0.6 is 23.1 Å². The lowest BCUT2D eigenvalue weighted by Crippen LogP contribution is -2.12. The molecule has 1 aliphatic carbocycles. The van der Waals surface area contributed by atoms with Gasteiger partial charge in [-0.3, -0.25) is 4.79 Å². The number of tetrazole rings is 1. The second-order valence-corrected chi connectivity index (χ2v) is 8.90. The lowest BCUT2D eigenvalue weighted by Gasteiger charge is -2.05. The van der Waals surface area contributed by atoms with Crippen molar-refractivity contribution in [3.63, 3.8) is 0 Å². The number of nitrogens with one attached hydrogen (secondary N) is 1. The minimum absolute atomic E-state index is 0.0934. The van der Waals surface area contributed by atoms with E-state index in [2.05, 4.69) is 26.9 Å². The molecule has 4 rings (SSSR count). The zero-order valence-electron chi connectivity index (χ0n) is 15.8. The van der Waals surface area contributed by atoms with Crippen LogP contribution in [0.3, 0.4) is 0 Å². The molecular weight excluding hydrogens is 404 g/mol. The molecule has 0 unspecified atom stereocenters. The Kier molecular flexibility index (Phi) is 6.22. The van der Waals surface area contributed by atoms with Crippen LogP contribution in [-0.4, -0.2) is 31.9 Å². The van der Waals surface area contributed by atoms with Crippen molar-refractivity contribution in [2.24, 2.45) is 0 Å². The first-order valence-electron chi connectivity index (χ1n) is 9.57. The summed E-state index contributed by atoms with van der Waals surface area (Å²) in [6.07, 6.45) is 5.72. The fourth-order valence-electron chi connectivity index (χ4n) is 3.37. The molecule has 0 saturated carbocycles. The normalized spacial score (nSPS) is 13.3. The molecule has 1 amide bonds. The summed E-state index contributed by atoms with van der Waals surface area (Å²) in [6, 6.07) is 11.9. The number of rotatable bonds is 6. The number of aryl methyl sites for hydroxylation is 1. The summed E-state index contributed by atoms with van der Waals surface area (Å²) in [5.41, 5.74) is 2.67. The van der Waals surface area contributed by atoms with Crippen molar-refractivity contribution in [2.45, 2.75) is 43.7 Å². The van der Waals surface area contributed by atoms with Gasteiger partial charge in [0.25, 0.3) is 0 Å². The topological polar surface area (TPSA) is 96.5 Å². The third kappa shape index (κ3) is 4.49. The van der Waals surface area contributed by atoms with Crippen molar-refractivity contribution in [2.75, 3.05) is 11.1 Å². The summed E-state index contributed by atoms with van der Waals surface area (Å²) in [7, 11) is 0. The number of carbonyl (C=O) groups is 1. The number of aromatic nitrogens is 4. The Morgan fingerprint density at radius 3 is 2.90 bits per heavy atom. The van der Waals surface area contributed by atoms with Gasteiger partial charge < -0.3 is 5.32 Å². The summed E-state index contributed by atoms with van der Waals surface area (Å²) in [4.78, 5) is 13.7. The molecule has 0 spiro atoms. The number of benzene rings is 1. The highest BCUT2D eigenvalue weighted by atomic mass is 32.2. The molecule has 1 aromatic carbocycles. The summed E-state index contributed by atoms with van der Waals surface area (Å²) in [5.74, 6) is 0.454. The van der Waals surface area contributed by atoms with Crippen molar-refractivity contribution in [3.05, 3.63) is 46.3 Å². The minimum atomic E-state index is -0.0934. The van der Waals surface area contributed by atoms with Gasteiger partial charge in [0.2, 0.25) is 11.1 Å². The van der Waals surface area contributed by atoms with E-state index in [4.69, 9.17) is 0 Å². The van der Waals surface area contributed by atoms with E-state index in [-0.39, 0.29) is 5.91 Å². The molecule has 0 fully saturated rings. The number of hydrogen-bond acceptors (Lipinski definition) is 7. The van der Waals surface area contributed by atoms with Crippen molar-refractivity contribution in [1.29, 1.82) is 5.26 Å². The maximum Gasteiger partial charge on any atom is 0.225 e. The smallest absolute Gasteiger partial charge is 0.225 e. The first kappa shape index (κ1) is 19.6. The Hall–Kier alpha value is -2.70. The maximum absolute atomic E-state index is 12.5. The molecule has 1 aliphatic rings. The van der Waals surface area contributed by atoms with E-state index in [1.165, 1.54) is 23.1 Å². The van der Waals surface area contributed by atoms with Gasteiger partial charge >= 0.3 is 0 Å². The number of para-hydroxylation sites is 1. The number of hydrogen-bond donors (Lipinski definition) is 1. The molecule has 0 bridgehead atoms. The van der Waals surface area contributed by atoms with E-state index in [0.29, 0.717) is 27.9 Å². The number of anilines is 1. The zero-order chi connectivity index (χ0) is 20.1. The number of thioether (sulfide) groups is 1. The number of amides is 1. The van der Waals surface area contributed by atoms with Crippen LogP contribution in [0.4, 0.5) is 5.00 Å². The molecule has 0 radical (unpaired) electrons. The van der Waals surface area contributed by atoms with Crippen molar-refractivity contribution >= 4 is 34.0 Å². The molecule has 0 aliphatic heterocycles. The molecule has 29 heavy (non-hydrogen) atoms. The highest BCUT2D eigenvalue weighted by molar-refractivity contribution is 7.99. The number of thiophene rings is 1. The molecular formula is C20H20N6OS2. The Labute approximate surface area is 177 Å². The first-order valence-corrected chi connectivity index (χ1v) is 11.4. The van der Waals surface area contributed by atoms with Gasteiger partial charge in [-0.15, -0.1) is 16.4 Å². The molecule has 1 N–H and O–H groups in total. The standard InChI is InChI=1S/C20H20N6OS2/c21-13-16-15-9-5-2-6-10-17(15)29-19(16)22-18(27)11-12-28-20-23-24-25-26(20)14-7-3-1-4-8-14/h1,3-4,7-8H,2,5-6,9-12H2,(H,22,27). The average Bonchev–Trinajstić information content (AvgIpc) is 3.26. The van der Waals surface area contributed by atoms with Crippen LogP contribution in [0.15, 0.2) is 35.5 Å². The first-order chi connectivity index (χ1) is 14.3. The average molecular weight is 425 g/mol. The molecule has 9 heteroatoms. The zero-order valence-corrected chi connectivity index (χ0v) is 17.4. The van der Waals surface area contributed by atoms with Crippen LogP contribution in [0, 0.1) is 11.3 Å². The molecule has 7 nitrogen and oxygen atoms in total. The molecule has 2 aromatic heterocycles. The monoisotopic (exact) mass is 424 g/mol. The van der Waals surface area contributed by atoms with Crippen LogP contribution in [0.5, 0.6) is 0 Å². The second-order valence-electron chi connectivity index (χ2n) is 6.74. The van der Waals surface area contributed by atoms with Crippen molar-refractivity contribution in [1.82, 2.24) is 20.2 Å². The molecule has 148 valence electrons. The summed E-state index contributed by atoms with van der Waals surface area (Å²) in [5, 5.41) is 25.7. The number of fused-ring (bicyclic) bond motifs is 1. The van der Waals surface area contributed by atoms with Crippen molar-refractivity contribution in [3.8, 4) is 11.8 Å². The van der Waals surface area contributed by atoms with Crippen LogP contribution in [-0.2, 0) is 17.6 Å². The third-order valence-electron chi connectivity index (χ3n) is 4.79. The van der Waals surface area contributed by atoms with Gasteiger partial charge in [-0.2, -0.15) is 9.94 Å². The van der Waals surface area contributed by atoms with Gasteiger partial charge in [0.1, 0.15) is 11.1 Å². The molecule has 0 saturated heterocycles. The van der Waals surface area contributed by atoms with E-state index in [1.807, 2.05) is 30.3 Å². The van der Waals surface area contributed by atoms with E-state index in [1.54, 1.807) is 16.0 Å². The van der Waals surface area contributed by atoms with Crippen LogP contribution in [0.25, 0.3) is 5.69 Å². The highest BCUT2D eigenvalue weighted by Crippen LogP contribution is 2.37. The van der Waals surface area contributed by atoms with Gasteiger partial charge in [0.05, 0.1) is 11.3 Å². The third-order valence-corrected chi connectivity index (χ3v) is 6.92. The Morgan fingerprint density at radius 1 is 1.24 bits per heavy atom. The summed E-state index contributed by atoms with van der Waals surface area (Å²) < 4.78 is 1.66. The fourth-order valence-corrected chi connectivity index (χ4v) is 5.46. The predicted molar refractivity (Wildman–Crippen MR) is 113 cm³/mol. The van der Waals surface area contributed by atoms with Crippen molar-refractivity contribution < 1.29 is 4.79 Å². The van der Waals surface area contributed by atoms with Crippen LogP contribution in [0.1, 0.15) is 41.7 Å². The Morgan fingerprint density at radius 2 is 2.07 bits per heavy atom. The Balaban J connectivity index is 1.36. The molecule has 3 aromatic rings. The lowest BCUT2D eigenvalue weighted by atomic mass is 10.1. The largest absolute Gasteiger partial charge is 0.317 e. The minimum Gasteiger partial charge on any atom is -0.317 e. The van der Waals surface area contributed by atoms with E-state index < -0.39 is 0 Å². The summed E-state index contributed by atoms with van der Waals surface area (Å²) >= 11 is 2.99.